The number of nitrogens with two attached hydrogens (primary N) is 2. The van der Waals surface area contributed by atoms with Crippen LogP contribution in [-0.4, -0.2) is 23.5 Å². The summed E-state index contributed by atoms with van der Waals surface area (Å²) < 4.78 is 7.59. The Morgan fingerprint density at radius 1 is 1.39 bits per heavy atom. The molecule has 23 heavy (non-hydrogen) atoms. The van der Waals surface area contributed by atoms with Crippen LogP contribution in [0.5, 0.6) is 0 Å². The van der Waals surface area contributed by atoms with Crippen molar-refractivity contribution in [2.75, 3.05) is 7.11 Å². The van der Waals surface area contributed by atoms with E-state index in [1.165, 1.54) is 0 Å². The highest BCUT2D eigenvalue weighted by Crippen LogP contribution is 2.37. The van der Waals surface area contributed by atoms with Gasteiger partial charge in [-0.25, -0.2) is 0 Å². The molecular weight excluding hydrogens is 316 g/mol. The molecule has 3 rings (SSSR count). The molecular formula is C16H19ClN4O2. The van der Waals surface area contributed by atoms with Crippen LogP contribution in [0.4, 0.5) is 0 Å². The summed E-state index contributed by atoms with van der Waals surface area (Å²) in [6.45, 7) is 0.717. The van der Waals surface area contributed by atoms with Gasteiger partial charge < -0.3 is 20.8 Å². The van der Waals surface area contributed by atoms with E-state index in [2.05, 4.69) is 4.99 Å². The van der Waals surface area contributed by atoms with E-state index in [-0.39, 0.29) is 12.1 Å². The Hall–Kier alpha value is -2.05. The highest BCUT2D eigenvalue weighted by atomic mass is 35.5. The number of aromatic nitrogens is 1. The number of guanidine groups is 1. The van der Waals surface area contributed by atoms with Gasteiger partial charge >= 0.3 is 0 Å². The zero-order valence-corrected chi connectivity index (χ0v) is 13.6. The predicted molar refractivity (Wildman–Crippen MR) is 90.7 cm³/mol. The summed E-state index contributed by atoms with van der Waals surface area (Å²) in [7, 11) is 1.70. The third-order valence-electron chi connectivity index (χ3n) is 4.22. The van der Waals surface area contributed by atoms with E-state index in [1.54, 1.807) is 13.2 Å². The molecule has 1 unspecified atom stereocenters. The lowest BCUT2D eigenvalue weighted by Crippen LogP contribution is -2.25. The molecule has 0 aliphatic carbocycles. The van der Waals surface area contributed by atoms with Gasteiger partial charge in [0.15, 0.2) is 5.96 Å². The van der Waals surface area contributed by atoms with Crippen molar-refractivity contribution in [3.05, 3.63) is 34.5 Å². The molecule has 4 N–H and O–H groups in total. The number of ether oxygens (including phenoxy) is 1. The van der Waals surface area contributed by atoms with Crippen LogP contribution in [0.2, 0.25) is 5.02 Å². The first-order chi connectivity index (χ1) is 11.0. The number of rotatable bonds is 2. The largest absolute Gasteiger partial charge is 0.377 e. The van der Waals surface area contributed by atoms with Crippen molar-refractivity contribution in [1.82, 2.24) is 4.57 Å². The standard InChI is InChI=1S/C16H19ClN4O2/c1-23-13-4-2-3-7-21-12(15(22)20-16(18)19)8-10-11(17)6-5-9(13)14(10)21/h5-6,8,13H,2-4,7H2,1H3,(H4,18,19,20,22). The Bertz CT molecular complexity index is 793. The van der Waals surface area contributed by atoms with E-state index < -0.39 is 5.91 Å². The summed E-state index contributed by atoms with van der Waals surface area (Å²) in [5.74, 6) is -0.710. The maximum Gasteiger partial charge on any atom is 0.296 e. The fraction of sp³-hybridized carbons (Fsp3) is 0.375. The van der Waals surface area contributed by atoms with Gasteiger partial charge in [0.1, 0.15) is 5.69 Å². The molecule has 0 bridgehead atoms. The molecule has 1 amide bonds. The van der Waals surface area contributed by atoms with Gasteiger partial charge in [-0.2, -0.15) is 4.99 Å². The first kappa shape index (κ1) is 15.8. The third kappa shape index (κ3) is 2.80. The second kappa shape index (κ2) is 6.22. The molecule has 1 aromatic heterocycles. The lowest BCUT2D eigenvalue weighted by Gasteiger charge is -2.22. The summed E-state index contributed by atoms with van der Waals surface area (Å²) in [5, 5.41) is 1.42. The maximum atomic E-state index is 12.4. The van der Waals surface area contributed by atoms with Gasteiger partial charge in [0.2, 0.25) is 0 Å². The van der Waals surface area contributed by atoms with E-state index in [4.69, 9.17) is 27.8 Å². The smallest absolute Gasteiger partial charge is 0.296 e. The number of methoxy groups -OCH3 is 1. The minimum Gasteiger partial charge on any atom is -0.377 e. The summed E-state index contributed by atoms with van der Waals surface area (Å²) in [5.41, 5.74) is 13.1. The molecule has 0 fully saturated rings. The fourth-order valence-electron chi connectivity index (χ4n) is 3.22. The molecule has 1 atom stereocenters. The molecule has 0 saturated heterocycles. The average Bonchev–Trinajstić information content (AvgIpc) is 2.86. The van der Waals surface area contributed by atoms with Gasteiger partial charge in [-0.15, -0.1) is 0 Å². The van der Waals surface area contributed by atoms with Gasteiger partial charge in [-0.1, -0.05) is 17.7 Å². The number of hydrogen-bond donors (Lipinski definition) is 2. The lowest BCUT2D eigenvalue weighted by atomic mass is 9.99. The minimum atomic E-state index is -0.460. The highest BCUT2D eigenvalue weighted by Gasteiger charge is 2.24. The second-order valence-corrected chi connectivity index (χ2v) is 6.05. The Labute approximate surface area is 139 Å². The molecule has 7 heteroatoms. The zero-order valence-electron chi connectivity index (χ0n) is 12.9. The van der Waals surface area contributed by atoms with Gasteiger partial charge in [-0.3, -0.25) is 4.79 Å². The summed E-state index contributed by atoms with van der Waals surface area (Å²) >= 11 is 6.34. The number of amides is 1. The number of aliphatic imine (C=N–C) groups is 1. The van der Waals surface area contributed by atoms with Crippen LogP contribution in [0.3, 0.4) is 0 Å². The van der Waals surface area contributed by atoms with Crippen molar-refractivity contribution in [2.45, 2.75) is 31.9 Å². The Balaban J connectivity index is 2.29. The quantitative estimate of drug-likeness (QED) is 0.651. The summed E-state index contributed by atoms with van der Waals surface area (Å²) in [4.78, 5) is 16.0. The van der Waals surface area contributed by atoms with Gasteiger partial charge in [0.25, 0.3) is 5.91 Å². The number of carbonyl (C=O) groups excluding carboxylic acids is 1. The lowest BCUT2D eigenvalue weighted by molar-refractivity contribution is 0.0921. The van der Waals surface area contributed by atoms with Crippen molar-refractivity contribution in [3.8, 4) is 0 Å². The first-order valence-corrected chi connectivity index (χ1v) is 7.89. The molecule has 6 nitrogen and oxygen atoms in total. The maximum absolute atomic E-state index is 12.4. The Morgan fingerprint density at radius 3 is 2.87 bits per heavy atom. The van der Waals surface area contributed by atoms with Gasteiger partial charge in [-0.05, 0) is 31.4 Å². The minimum absolute atomic E-state index is 0.0188. The number of nitrogens with zero attached hydrogens (tertiary/aromatic N) is 2. The number of aryl methyl sites for hydroxylation is 1. The van der Waals surface area contributed by atoms with Crippen molar-refractivity contribution in [2.24, 2.45) is 16.5 Å². The van der Waals surface area contributed by atoms with E-state index in [0.29, 0.717) is 17.3 Å². The van der Waals surface area contributed by atoms with Crippen LogP contribution in [0.1, 0.15) is 41.4 Å². The predicted octanol–water partition coefficient (Wildman–Crippen LogP) is 2.58. The molecule has 1 aliphatic rings. The SMILES string of the molecule is COC1CCCCn2c(C(=O)N=C(N)N)cc3c(Cl)ccc1c32. The molecule has 2 aromatic rings. The van der Waals surface area contributed by atoms with Crippen LogP contribution in [0.25, 0.3) is 10.9 Å². The topological polar surface area (TPSA) is 95.6 Å². The van der Waals surface area contributed by atoms with Gasteiger partial charge in [0.05, 0.1) is 11.6 Å². The Morgan fingerprint density at radius 2 is 2.17 bits per heavy atom. The fourth-order valence-corrected chi connectivity index (χ4v) is 3.42. The molecule has 2 heterocycles. The van der Waals surface area contributed by atoms with Crippen molar-refractivity contribution in [1.29, 1.82) is 0 Å². The van der Waals surface area contributed by atoms with Crippen LogP contribution in [0, 0.1) is 0 Å². The Kier molecular flexibility index (Phi) is 4.28. The first-order valence-electron chi connectivity index (χ1n) is 7.51. The van der Waals surface area contributed by atoms with Crippen LogP contribution < -0.4 is 11.5 Å². The second-order valence-electron chi connectivity index (χ2n) is 5.64. The van der Waals surface area contributed by atoms with E-state index in [9.17, 15) is 4.79 Å². The van der Waals surface area contributed by atoms with Crippen molar-refractivity contribution < 1.29 is 9.53 Å². The molecule has 0 spiro atoms. The number of carbonyl (C=O) groups is 1. The molecule has 1 aromatic carbocycles. The van der Waals surface area contributed by atoms with Crippen LogP contribution in [-0.2, 0) is 11.3 Å². The number of benzene rings is 1. The molecule has 0 saturated carbocycles. The zero-order chi connectivity index (χ0) is 16.6. The van der Waals surface area contributed by atoms with E-state index in [1.807, 2.05) is 16.7 Å². The van der Waals surface area contributed by atoms with Crippen LogP contribution in [0.15, 0.2) is 23.2 Å². The third-order valence-corrected chi connectivity index (χ3v) is 4.55. The summed E-state index contributed by atoms with van der Waals surface area (Å²) in [6.07, 6.45) is 2.87. The highest BCUT2D eigenvalue weighted by molar-refractivity contribution is 6.35. The van der Waals surface area contributed by atoms with Crippen molar-refractivity contribution >= 4 is 34.4 Å². The van der Waals surface area contributed by atoms with Gasteiger partial charge in [0, 0.05) is 29.6 Å². The van der Waals surface area contributed by atoms with Crippen molar-refractivity contribution in [3.63, 3.8) is 0 Å². The number of hydrogen-bond acceptors (Lipinski definition) is 2. The number of halogens is 1. The normalized spacial score (nSPS) is 17.6. The van der Waals surface area contributed by atoms with E-state index in [0.717, 1.165) is 35.7 Å². The monoisotopic (exact) mass is 334 g/mol. The summed E-state index contributed by atoms with van der Waals surface area (Å²) in [6, 6.07) is 5.56. The van der Waals surface area contributed by atoms with Crippen LogP contribution >= 0.6 is 11.6 Å². The molecule has 122 valence electrons. The molecule has 0 radical (unpaired) electrons. The van der Waals surface area contributed by atoms with E-state index >= 15 is 0 Å². The molecule has 1 aliphatic heterocycles. The average molecular weight is 335 g/mol.